The van der Waals surface area contributed by atoms with Crippen LogP contribution < -0.4 is 0 Å². The van der Waals surface area contributed by atoms with Crippen LogP contribution in [0.5, 0.6) is 0 Å². The van der Waals surface area contributed by atoms with Gasteiger partial charge in [-0.1, -0.05) is 48.5 Å². The van der Waals surface area contributed by atoms with Crippen molar-refractivity contribution in [2.75, 3.05) is 52.9 Å². The van der Waals surface area contributed by atoms with E-state index in [9.17, 15) is 204 Å². The summed E-state index contributed by atoms with van der Waals surface area (Å²) >= 11 is 0. The molecule has 8 fully saturated rings. The molecule has 56 nitrogen and oxygen atoms in total. The smallest absolute Gasteiger partial charge is 0.286 e. The third kappa shape index (κ3) is 14.2. The molecule has 0 amide bonds. The average Bonchev–Trinajstić information content (AvgIpc) is 1.31. The Labute approximate surface area is 756 Å². The fourth-order valence-electron chi connectivity index (χ4n) is 19.8. The number of ether oxygens (including phenoxy) is 8. The quantitative estimate of drug-likeness (QED) is 0.0427. The Morgan fingerprint density at radius 2 is 0.507 bits per heavy atom. The van der Waals surface area contributed by atoms with E-state index < -0.39 is 407 Å². The number of fused-ring (bicyclic) bond motifs is 20. The standard InChI is InChI=1S/C80H98N8O48/c89-10-24-41(97)49(105)57(113)73(121,129-24)23-9-22-32(36(75(123)59(115)51(107)43(99)26(12-91)131-75)35(23)74(122)58(114)50(106)42(98)25(11-90)130-74)68-83-67(22)87-72-21-8-4-3-7-20(21)71(88(72)80(128)64(120)56(112)48(104)31(17-96)136-80)86-66-19-6-2-1-5-18(19)65(81-66)82-69-33-34(70(84-68)85-69)38(77(125)61(117)53(109)45(101)28(14-93)133-77)40(79(127)63(119)55(111)47(103)30(16-95)135-79)39(78(126)62(118)54(110)46(102)29(15-94)134-78)37(33)76(124)60(116)52(108)44(100)27(13-92)132-76/h1-9,24-31,41-64,89-128H,10-17H2,(H,81,82,83,84,85,86,87)/t24-,25-,26-,27-,28-,29-,30-,31-,41+,42+,43+,44+,45+,46+,47+,48+,49+,50+,51+,52+,53+,54+,55+,56+,57-,58-,59-,60-,61-,62-,63-,64-,73-,74-,75-,76-,77-,78-,79-,80-/m0/s1. The largest absolute Gasteiger partial charge is 0.394 e. The Morgan fingerprint density at radius 3 is 0.838 bits per heavy atom. The summed E-state index contributed by atoms with van der Waals surface area (Å²) in [6, 6.07) is 10.2. The predicted octanol–water partition coefficient (Wildman–Crippen LogP) is -20.2. The number of aromatic nitrogens is 8. The van der Waals surface area contributed by atoms with E-state index in [1.807, 2.05) is 0 Å². The molecule has 0 radical (unpaired) electrons. The van der Waals surface area contributed by atoms with Crippen LogP contribution >= 0.6 is 0 Å². The number of aliphatic hydroxyl groups excluding tert-OH is 32. The molecule has 10 aliphatic heterocycles. The van der Waals surface area contributed by atoms with Crippen LogP contribution in [0.25, 0.3) is 89.7 Å². The number of nitrogens with one attached hydrogen (secondary N) is 1. The number of benzene rings is 4. The summed E-state index contributed by atoms with van der Waals surface area (Å²) in [5.41, 5.74) is -22.8. The maximum Gasteiger partial charge on any atom is 0.286 e. The van der Waals surface area contributed by atoms with Crippen molar-refractivity contribution in [2.45, 2.75) is 242 Å². The van der Waals surface area contributed by atoms with Crippen LogP contribution in [0.1, 0.15) is 38.9 Å². The van der Waals surface area contributed by atoms with Gasteiger partial charge in [-0.05, 0) is 6.07 Å². The number of hydrogen-bond acceptors (Lipinski definition) is 54. The second-order valence-electron chi connectivity index (χ2n) is 34.9. The van der Waals surface area contributed by atoms with Gasteiger partial charge in [-0.2, -0.15) is 0 Å². The molecule has 7 aromatic rings. The van der Waals surface area contributed by atoms with Crippen molar-refractivity contribution in [3.8, 4) is 45.6 Å². The zero-order chi connectivity index (χ0) is 99.0. The lowest BCUT2D eigenvalue weighted by molar-refractivity contribution is -0.388. The van der Waals surface area contributed by atoms with Gasteiger partial charge in [0.15, 0.2) is 29.4 Å². The molecule has 13 heterocycles. The minimum absolute atomic E-state index is 0.267. The topological polar surface area (TPSA) is 981 Å². The number of aliphatic hydroxyl groups is 40. The average molecular weight is 1940 g/mol. The Hall–Kier alpha value is -7.68. The molecule has 56 heteroatoms. The predicted molar refractivity (Wildman–Crippen MR) is 427 cm³/mol. The van der Waals surface area contributed by atoms with Crippen LogP contribution in [0.4, 0.5) is 0 Å². The van der Waals surface area contributed by atoms with Crippen molar-refractivity contribution in [1.29, 1.82) is 0 Å². The fourth-order valence-corrected chi connectivity index (χ4v) is 19.8. The summed E-state index contributed by atoms with van der Waals surface area (Å²) in [6.07, 6.45) is -94.1. The maximum atomic E-state index is 14.5. The molecule has 8 bridgehead atoms. The molecule has 746 valence electrons. The van der Waals surface area contributed by atoms with E-state index in [1.165, 1.54) is 42.5 Å². The monoisotopic (exact) mass is 1940 g/mol. The first-order valence-electron chi connectivity index (χ1n) is 41.9. The third-order valence-corrected chi connectivity index (χ3v) is 27.1. The number of aromatic amines is 1. The summed E-state index contributed by atoms with van der Waals surface area (Å²) in [7, 11) is 0. The van der Waals surface area contributed by atoms with E-state index in [1.54, 1.807) is 0 Å². The SMILES string of the molecule is OC[C@@H]1O[C@@](O)(c2cc3c(c([C@]4(O)O[C@@H](CO)[C@@H](O)[C@@H](O)[C@@H]4O)c2[C@]2(O)O[C@@H](CO)[C@@H](O)[C@@H](O)[C@@H]2O)-c2nc-3nc3c4ccccc4c(nc4nc(nc5[nH]c(n2)c2c([C@]6(O)O[C@@H](CO)[C@@H](O)[C@@H](O)[C@@H]6O)c([C@]6(O)O[C@@H](CO)[C@@H](O)[C@@H](O)[C@@H]6O)c([C@]6(O)O[C@@H](CO)[C@@H](O)[C@@H](O)[C@@H]6O)c([C@]6(O)O[C@@H](CO)[C@@H](O)[C@@H](O)[C@@H]6O)c52)-c2ccccc2-4)n3[C@@]2(O)O[C@@H](CO)[C@@H](O)[C@@H](O)[C@@H]2O)[C@@H](O)[C@H](O)[C@@H]1O. The molecule has 136 heavy (non-hydrogen) atoms. The molecular formula is C80H98N8O48. The van der Waals surface area contributed by atoms with Crippen molar-refractivity contribution in [2.24, 2.45) is 0 Å². The molecule has 10 aliphatic rings. The highest BCUT2D eigenvalue weighted by Crippen LogP contribution is 2.61. The van der Waals surface area contributed by atoms with E-state index in [2.05, 4.69) is 4.98 Å². The summed E-state index contributed by atoms with van der Waals surface area (Å²) in [6.45, 7) is -13.2. The van der Waals surface area contributed by atoms with Crippen molar-refractivity contribution >= 4 is 44.1 Å². The van der Waals surface area contributed by atoms with Gasteiger partial charge in [0.1, 0.15) is 212 Å². The second kappa shape index (κ2) is 35.2. The molecule has 0 spiro atoms. The van der Waals surface area contributed by atoms with Gasteiger partial charge >= 0.3 is 0 Å². The minimum atomic E-state index is -4.77. The Balaban J connectivity index is 1.24. The van der Waals surface area contributed by atoms with Crippen LogP contribution in [-0.4, -0.2) is 492 Å². The number of H-pyrrole nitrogens is 1. The van der Waals surface area contributed by atoms with E-state index in [0.717, 1.165) is 6.07 Å². The molecule has 8 saturated heterocycles. The normalized spacial score (nSPS) is 43.8. The highest BCUT2D eigenvalue weighted by molar-refractivity contribution is 6.11. The maximum absolute atomic E-state index is 14.5. The molecule has 0 saturated carbocycles. The van der Waals surface area contributed by atoms with Gasteiger partial charge in [-0.25, -0.2) is 29.9 Å². The van der Waals surface area contributed by atoms with Crippen molar-refractivity contribution < 1.29 is 242 Å². The lowest BCUT2D eigenvalue weighted by atomic mass is 9.70. The first-order valence-corrected chi connectivity index (χ1v) is 41.9. The van der Waals surface area contributed by atoms with Gasteiger partial charge in [0.25, 0.3) is 5.91 Å². The van der Waals surface area contributed by atoms with Gasteiger partial charge < -0.3 is 247 Å². The Bertz CT molecular complexity index is 5920. The highest BCUT2D eigenvalue weighted by atomic mass is 16.7. The molecule has 0 aliphatic carbocycles. The molecule has 0 unspecified atom stereocenters. The van der Waals surface area contributed by atoms with Crippen LogP contribution in [0.3, 0.4) is 0 Å². The molecule has 40 atom stereocenters. The first-order chi connectivity index (χ1) is 64.0. The van der Waals surface area contributed by atoms with Gasteiger partial charge in [0.2, 0.25) is 40.5 Å². The summed E-state index contributed by atoms with van der Waals surface area (Å²) in [5.74, 6) is -40.7. The summed E-state index contributed by atoms with van der Waals surface area (Å²) in [4.78, 5) is 31.4. The lowest BCUT2D eigenvalue weighted by Crippen LogP contribution is -2.69. The van der Waals surface area contributed by atoms with Gasteiger partial charge in [0.05, 0.1) is 52.9 Å². The van der Waals surface area contributed by atoms with Crippen LogP contribution in [0.2, 0.25) is 0 Å². The summed E-state index contributed by atoms with van der Waals surface area (Å²) in [5, 5.41) is 492. The first kappa shape index (κ1) is 99.9. The summed E-state index contributed by atoms with van der Waals surface area (Å²) < 4.78 is 48.3. The van der Waals surface area contributed by atoms with Crippen molar-refractivity contribution in [1.82, 2.24) is 39.5 Å². The molecular weight excluding hydrogens is 1840 g/mol. The van der Waals surface area contributed by atoms with E-state index >= 15 is 0 Å². The molecule has 4 aromatic carbocycles. The fraction of sp³-hybridized carbons (Fsp3) is 0.600. The van der Waals surface area contributed by atoms with E-state index in [4.69, 9.17) is 67.8 Å². The Kier molecular flexibility index (Phi) is 25.8. The van der Waals surface area contributed by atoms with Crippen LogP contribution in [0, 0.1) is 0 Å². The van der Waals surface area contributed by atoms with Crippen LogP contribution in [0.15, 0.2) is 54.6 Å². The number of rotatable bonds is 16. The van der Waals surface area contributed by atoms with Gasteiger partial charge in [0, 0.05) is 82.7 Å². The number of nitrogens with zero attached hydrogens (tertiary/aromatic N) is 7. The lowest BCUT2D eigenvalue weighted by Gasteiger charge is -2.54. The highest BCUT2D eigenvalue weighted by Gasteiger charge is 2.71. The van der Waals surface area contributed by atoms with Crippen LogP contribution in [-0.2, 0) is 84.3 Å². The van der Waals surface area contributed by atoms with Gasteiger partial charge in [-0.3, -0.25) is 4.57 Å². The zero-order valence-electron chi connectivity index (χ0n) is 69.6. The third-order valence-electron chi connectivity index (χ3n) is 27.1. The van der Waals surface area contributed by atoms with E-state index in [0.29, 0.717) is 10.6 Å². The number of hydrogen-bond donors (Lipinski definition) is 41. The zero-order valence-corrected chi connectivity index (χ0v) is 69.6. The van der Waals surface area contributed by atoms with E-state index in [-0.39, 0.29) is 16.5 Å². The second-order valence-corrected chi connectivity index (χ2v) is 34.9. The Morgan fingerprint density at radius 1 is 0.257 bits per heavy atom. The molecule has 17 rings (SSSR count). The van der Waals surface area contributed by atoms with Gasteiger partial charge in [-0.15, -0.1) is 0 Å². The minimum Gasteiger partial charge on any atom is -0.394 e. The molecule has 41 N–H and O–H groups in total. The van der Waals surface area contributed by atoms with Crippen molar-refractivity contribution in [3.63, 3.8) is 0 Å². The van der Waals surface area contributed by atoms with Crippen molar-refractivity contribution in [3.05, 3.63) is 93.5 Å². The molecule has 3 aromatic heterocycles.